The Balaban J connectivity index is 1.51. The van der Waals surface area contributed by atoms with E-state index in [9.17, 15) is 0 Å². The van der Waals surface area contributed by atoms with Crippen molar-refractivity contribution in [2.75, 3.05) is 19.6 Å². The molecule has 4 rings (SSSR count). The molecule has 0 radical (unpaired) electrons. The van der Waals surface area contributed by atoms with Crippen molar-refractivity contribution in [2.24, 2.45) is 0 Å². The maximum atomic E-state index is 5.64. The Hall–Kier alpha value is -1.65. The van der Waals surface area contributed by atoms with Crippen molar-refractivity contribution in [3.05, 3.63) is 42.2 Å². The standard InChI is InChI=1S/C19H25N3O/c1-3-7-16(8-4-1)18-13-17(23-21-18)14-22-12-11-20-15-19(22)9-5-2-6-10-19/h1,3-4,7-8,13,20H,2,5-6,9-12,14-15H2. The summed E-state index contributed by atoms with van der Waals surface area (Å²) in [7, 11) is 0. The maximum Gasteiger partial charge on any atom is 0.151 e. The molecule has 1 saturated carbocycles. The Kier molecular flexibility index (Phi) is 4.19. The van der Waals surface area contributed by atoms with Crippen LogP contribution in [0.1, 0.15) is 37.9 Å². The van der Waals surface area contributed by atoms with Gasteiger partial charge in [-0.05, 0) is 12.8 Å². The van der Waals surface area contributed by atoms with Gasteiger partial charge in [0.2, 0.25) is 0 Å². The lowest BCUT2D eigenvalue weighted by Crippen LogP contribution is -2.61. The van der Waals surface area contributed by atoms with E-state index in [-0.39, 0.29) is 0 Å². The topological polar surface area (TPSA) is 41.3 Å². The van der Waals surface area contributed by atoms with Gasteiger partial charge in [0.1, 0.15) is 5.69 Å². The van der Waals surface area contributed by atoms with E-state index in [1.54, 1.807) is 0 Å². The number of piperazine rings is 1. The zero-order chi connectivity index (χ0) is 15.5. The predicted octanol–water partition coefficient (Wildman–Crippen LogP) is 3.45. The Labute approximate surface area is 137 Å². The zero-order valence-electron chi connectivity index (χ0n) is 13.6. The molecule has 2 heterocycles. The van der Waals surface area contributed by atoms with E-state index in [0.717, 1.165) is 43.2 Å². The lowest BCUT2D eigenvalue weighted by atomic mass is 9.79. The van der Waals surface area contributed by atoms with Gasteiger partial charge in [0.25, 0.3) is 0 Å². The summed E-state index contributed by atoms with van der Waals surface area (Å²) in [5.41, 5.74) is 2.39. The van der Waals surface area contributed by atoms with E-state index in [2.05, 4.69) is 33.6 Å². The van der Waals surface area contributed by atoms with Gasteiger partial charge < -0.3 is 9.84 Å². The van der Waals surface area contributed by atoms with E-state index in [4.69, 9.17) is 4.52 Å². The second-order valence-electron chi connectivity index (χ2n) is 6.93. The third-order valence-corrected chi connectivity index (χ3v) is 5.44. The Bertz CT molecular complexity index is 623. The van der Waals surface area contributed by atoms with Crippen LogP contribution in [0.15, 0.2) is 40.9 Å². The molecule has 23 heavy (non-hydrogen) atoms. The molecule has 2 fully saturated rings. The number of nitrogens with one attached hydrogen (secondary N) is 1. The quantitative estimate of drug-likeness (QED) is 0.942. The number of rotatable bonds is 3. The molecule has 122 valence electrons. The smallest absolute Gasteiger partial charge is 0.151 e. The van der Waals surface area contributed by atoms with Gasteiger partial charge in [-0.2, -0.15) is 0 Å². The molecule has 0 bridgehead atoms. The highest BCUT2D eigenvalue weighted by Crippen LogP contribution is 2.35. The van der Waals surface area contributed by atoms with Crippen LogP contribution in [0, 0.1) is 0 Å². The normalized spacial score (nSPS) is 21.6. The molecule has 0 amide bonds. The highest BCUT2D eigenvalue weighted by atomic mass is 16.5. The van der Waals surface area contributed by atoms with Crippen LogP contribution in [0.4, 0.5) is 0 Å². The first-order chi connectivity index (χ1) is 11.4. The van der Waals surface area contributed by atoms with Crippen LogP contribution in [0.25, 0.3) is 11.3 Å². The Morgan fingerprint density at radius 2 is 1.96 bits per heavy atom. The van der Waals surface area contributed by atoms with Gasteiger partial charge >= 0.3 is 0 Å². The molecule has 0 atom stereocenters. The van der Waals surface area contributed by atoms with E-state index in [0.29, 0.717) is 5.54 Å². The SMILES string of the molecule is c1ccc(-c2cc(CN3CCNCC34CCCCC4)on2)cc1. The first-order valence-corrected chi connectivity index (χ1v) is 8.83. The van der Waals surface area contributed by atoms with Gasteiger partial charge in [-0.3, -0.25) is 4.90 Å². The van der Waals surface area contributed by atoms with Crippen molar-refractivity contribution >= 4 is 0 Å². The van der Waals surface area contributed by atoms with Gasteiger partial charge in [-0.25, -0.2) is 0 Å². The van der Waals surface area contributed by atoms with Crippen molar-refractivity contribution in [3.8, 4) is 11.3 Å². The number of benzene rings is 1. The fourth-order valence-electron chi connectivity index (χ4n) is 4.15. The summed E-state index contributed by atoms with van der Waals surface area (Å²) in [4.78, 5) is 2.64. The third-order valence-electron chi connectivity index (χ3n) is 5.44. The van der Waals surface area contributed by atoms with Crippen LogP contribution in [-0.2, 0) is 6.54 Å². The summed E-state index contributed by atoms with van der Waals surface area (Å²) in [5.74, 6) is 0.982. The van der Waals surface area contributed by atoms with Crippen molar-refractivity contribution in [2.45, 2.75) is 44.2 Å². The van der Waals surface area contributed by atoms with E-state index in [1.807, 2.05) is 18.2 Å². The van der Waals surface area contributed by atoms with Gasteiger partial charge in [0.15, 0.2) is 5.76 Å². The van der Waals surface area contributed by atoms with Gasteiger partial charge in [0, 0.05) is 36.8 Å². The molecule has 2 aliphatic rings. The fraction of sp³-hybridized carbons (Fsp3) is 0.526. The van der Waals surface area contributed by atoms with Crippen molar-refractivity contribution < 1.29 is 4.52 Å². The maximum absolute atomic E-state index is 5.64. The summed E-state index contributed by atoms with van der Waals surface area (Å²) in [6.07, 6.45) is 6.70. The van der Waals surface area contributed by atoms with Gasteiger partial charge in [-0.15, -0.1) is 0 Å². The number of hydrogen-bond acceptors (Lipinski definition) is 4. The second-order valence-corrected chi connectivity index (χ2v) is 6.93. The van der Waals surface area contributed by atoms with Crippen molar-refractivity contribution in [1.29, 1.82) is 0 Å². The largest absolute Gasteiger partial charge is 0.359 e. The lowest BCUT2D eigenvalue weighted by Gasteiger charge is -2.49. The third kappa shape index (κ3) is 3.06. The first kappa shape index (κ1) is 14.9. The number of aromatic nitrogens is 1. The second kappa shape index (κ2) is 6.46. The fourth-order valence-corrected chi connectivity index (χ4v) is 4.15. The highest BCUT2D eigenvalue weighted by molar-refractivity contribution is 5.58. The summed E-state index contributed by atoms with van der Waals surface area (Å²) in [6, 6.07) is 12.4. The van der Waals surface area contributed by atoms with Crippen molar-refractivity contribution in [3.63, 3.8) is 0 Å². The monoisotopic (exact) mass is 311 g/mol. The molecule has 1 aliphatic heterocycles. The molecule has 1 aromatic carbocycles. The van der Waals surface area contributed by atoms with Crippen LogP contribution in [0.2, 0.25) is 0 Å². The van der Waals surface area contributed by atoms with Crippen LogP contribution < -0.4 is 5.32 Å². The van der Waals surface area contributed by atoms with Crippen LogP contribution >= 0.6 is 0 Å². The summed E-state index contributed by atoms with van der Waals surface area (Å²) >= 11 is 0. The average Bonchev–Trinajstić information content (AvgIpc) is 3.07. The average molecular weight is 311 g/mol. The summed E-state index contributed by atoms with van der Waals surface area (Å²) < 4.78 is 5.64. The summed E-state index contributed by atoms with van der Waals surface area (Å²) in [6.45, 7) is 4.16. The minimum atomic E-state index is 0.330. The van der Waals surface area contributed by atoms with E-state index >= 15 is 0 Å². The minimum absolute atomic E-state index is 0.330. The zero-order valence-corrected chi connectivity index (χ0v) is 13.6. The van der Waals surface area contributed by atoms with Crippen molar-refractivity contribution in [1.82, 2.24) is 15.4 Å². The molecular weight excluding hydrogens is 286 g/mol. The molecule has 1 N–H and O–H groups in total. The molecule has 2 aromatic rings. The minimum Gasteiger partial charge on any atom is -0.359 e. The molecule has 1 aliphatic carbocycles. The van der Waals surface area contributed by atoms with Crippen LogP contribution in [0.3, 0.4) is 0 Å². The number of hydrogen-bond donors (Lipinski definition) is 1. The number of nitrogens with zero attached hydrogens (tertiary/aromatic N) is 2. The molecule has 4 nitrogen and oxygen atoms in total. The molecule has 1 saturated heterocycles. The molecule has 1 spiro atoms. The molecule has 4 heteroatoms. The first-order valence-electron chi connectivity index (χ1n) is 8.83. The van der Waals surface area contributed by atoms with E-state index < -0.39 is 0 Å². The summed E-state index contributed by atoms with van der Waals surface area (Å²) in [5, 5.41) is 7.87. The van der Waals surface area contributed by atoms with Gasteiger partial charge in [0.05, 0.1) is 6.54 Å². The van der Waals surface area contributed by atoms with E-state index in [1.165, 1.54) is 32.1 Å². The van der Waals surface area contributed by atoms with Gasteiger partial charge in [-0.1, -0.05) is 54.8 Å². The van der Waals surface area contributed by atoms with Crippen LogP contribution in [0.5, 0.6) is 0 Å². The molecule has 0 unspecified atom stereocenters. The molecular formula is C19H25N3O. The van der Waals surface area contributed by atoms with Crippen LogP contribution in [-0.4, -0.2) is 35.2 Å². The highest BCUT2D eigenvalue weighted by Gasteiger charge is 2.39. The predicted molar refractivity (Wildman–Crippen MR) is 91.0 cm³/mol. The Morgan fingerprint density at radius 3 is 2.78 bits per heavy atom. The molecule has 1 aromatic heterocycles. The lowest BCUT2D eigenvalue weighted by molar-refractivity contribution is 0.0148. The Morgan fingerprint density at radius 1 is 1.13 bits per heavy atom.